The van der Waals surface area contributed by atoms with Crippen molar-refractivity contribution in [2.45, 2.75) is 32.2 Å². The van der Waals surface area contributed by atoms with Crippen LogP contribution in [-0.4, -0.2) is 32.2 Å². The van der Waals surface area contributed by atoms with Crippen LogP contribution in [0.25, 0.3) is 0 Å². The highest BCUT2D eigenvalue weighted by Gasteiger charge is 2.30. The maximum absolute atomic E-state index is 5.47. The van der Waals surface area contributed by atoms with Crippen LogP contribution in [0, 0.1) is 0 Å². The van der Waals surface area contributed by atoms with Crippen molar-refractivity contribution < 1.29 is 14.2 Å². The molecule has 1 aliphatic rings. The summed E-state index contributed by atoms with van der Waals surface area (Å²) in [7, 11) is 1.67. The van der Waals surface area contributed by atoms with Gasteiger partial charge in [-0.15, -0.1) is 0 Å². The Morgan fingerprint density at radius 1 is 1.45 bits per heavy atom. The van der Waals surface area contributed by atoms with Gasteiger partial charge in [0, 0.05) is 7.11 Å². The standard InChI is InChI=1S/C8H16O3/c1-4-8(2)10-5-7(9-3)6-11-8/h7H,4-6H2,1-3H3. The zero-order chi connectivity index (χ0) is 8.32. The van der Waals surface area contributed by atoms with Crippen LogP contribution in [0.2, 0.25) is 0 Å². The molecular weight excluding hydrogens is 144 g/mol. The Balaban J connectivity index is 2.35. The summed E-state index contributed by atoms with van der Waals surface area (Å²) < 4.78 is 16.0. The molecule has 0 aromatic heterocycles. The molecular formula is C8H16O3. The van der Waals surface area contributed by atoms with E-state index in [4.69, 9.17) is 14.2 Å². The second-order valence-corrected chi connectivity index (χ2v) is 2.97. The molecule has 0 saturated carbocycles. The summed E-state index contributed by atoms with van der Waals surface area (Å²) in [6, 6.07) is 0. The van der Waals surface area contributed by atoms with Crippen molar-refractivity contribution in [3.8, 4) is 0 Å². The molecule has 0 radical (unpaired) electrons. The van der Waals surface area contributed by atoms with E-state index in [9.17, 15) is 0 Å². The summed E-state index contributed by atoms with van der Waals surface area (Å²) in [6.45, 7) is 5.29. The van der Waals surface area contributed by atoms with Crippen LogP contribution in [-0.2, 0) is 14.2 Å². The molecule has 1 rings (SSSR count). The summed E-state index contributed by atoms with van der Waals surface area (Å²) in [6.07, 6.45) is 0.985. The number of hydrogen-bond donors (Lipinski definition) is 0. The molecule has 0 N–H and O–H groups in total. The van der Waals surface area contributed by atoms with E-state index < -0.39 is 0 Å². The highest BCUT2D eigenvalue weighted by Crippen LogP contribution is 2.22. The summed E-state index contributed by atoms with van der Waals surface area (Å²) in [5.74, 6) is -0.380. The van der Waals surface area contributed by atoms with E-state index in [1.807, 2.05) is 13.8 Å². The highest BCUT2D eigenvalue weighted by atomic mass is 16.7. The first kappa shape index (κ1) is 8.97. The van der Waals surface area contributed by atoms with E-state index in [1.54, 1.807) is 7.11 Å². The molecule has 11 heavy (non-hydrogen) atoms. The quantitative estimate of drug-likeness (QED) is 0.607. The van der Waals surface area contributed by atoms with Crippen LogP contribution in [0.4, 0.5) is 0 Å². The smallest absolute Gasteiger partial charge is 0.165 e. The lowest BCUT2D eigenvalue weighted by molar-refractivity contribution is -0.286. The van der Waals surface area contributed by atoms with E-state index in [0.717, 1.165) is 6.42 Å². The monoisotopic (exact) mass is 160 g/mol. The first-order chi connectivity index (χ1) is 5.20. The van der Waals surface area contributed by atoms with Gasteiger partial charge in [0.2, 0.25) is 0 Å². The average molecular weight is 160 g/mol. The topological polar surface area (TPSA) is 27.7 Å². The van der Waals surface area contributed by atoms with E-state index in [1.165, 1.54) is 0 Å². The van der Waals surface area contributed by atoms with Crippen LogP contribution >= 0.6 is 0 Å². The second kappa shape index (κ2) is 3.52. The molecule has 0 atom stereocenters. The number of ether oxygens (including phenoxy) is 3. The largest absolute Gasteiger partial charge is 0.377 e. The third kappa shape index (κ3) is 2.15. The van der Waals surface area contributed by atoms with E-state index in [0.29, 0.717) is 13.2 Å². The van der Waals surface area contributed by atoms with Gasteiger partial charge >= 0.3 is 0 Å². The van der Waals surface area contributed by atoms with E-state index in [2.05, 4.69) is 0 Å². The normalized spacial score (nSPS) is 39.0. The molecule has 1 heterocycles. The molecule has 0 amide bonds. The van der Waals surface area contributed by atoms with Gasteiger partial charge in [-0.3, -0.25) is 0 Å². The predicted molar refractivity (Wildman–Crippen MR) is 41.4 cm³/mol. The van der Waals surface area contributed by atoms with E-state index in [-0.39, 0.29) is 11.9 Å². The summed E-state index contributed by atoms with van der Waals surface area (Å²) in [5, 5.41) is 0. The summed E-state index contributed by atoms with van der Waals surface area (Å²) in [5.41, 5.74) is 0. The molecule has 1 aliphatic heterocycles. The molecule has 0 aromatic carbocycles. The Morgan fingerprint density at radius 3 is 2.36 bits per heavy atom. The van der Waals surface area contributed by atoms with Gasteiger partial charge in [-0.25, -0.2) is 0 Å². The van der Waals surface area contributed by atoms with E-state index >= 15 is 0 Å². The Hall–Kier alpha value is -0.120. The maximum atomic E-state index is 5.47. The first-order valence-electron chi connectivity index (χ1n) is 4.01. The molecule has 0 bridgehead atoms. The Labute approximate surface area is 67.6 Å². The molecule has 0 aliphatic carbocycles. The van der Waals surface area contributed by atoms with Crippen LogP contribution in [0.15, 0.2) is 0 Å². The van der Waals surface area contributed by atoms with Crippen molar-refractivity contribution >= 4 is 0 Å². The highest BCUT2D eigenvalue weighted by molar-refractivity contribution is 4.69. The van der Waals surface area contributed by atoms with Crippen molar-refractivity contribution in [3.63, 3.8) is 0 Å². The van der Waals surface area contributed by atoms with Gasteiger partial charge in [0.05, 0.1) is 13.2 Å². The van der Waals surface area contributed by atoms with Crippen molar-refractivity contribution in [2.24, 2.45) is 0 Å². The van der Waals surface area contributed by atoms with Crippen molar-refractivity contribution in [1.82, 2.24) is 0 Å². The molecule has 0 aromatic rings. The predicted octanol–water partition coefficient (Wildman–Crippen LogP) is 1.17. The molecule has 1 saturated heterocycles. The Kier molecular flexibility index (Phi) is 2.87. The lowest BCUT2D eigenvalue weighted by Gasteiger charge is -2.36. The molecule has 0 spiro atoms. The third-order valence-electron chi connectivity index (χ3n) is 2.12. The minimum atomic E-state index is -0.380. The van der Waals surface area contributed by atoms with Gasteiger partial charge in [0.25, 0.3) is 0 Å². The fraction of sp³-hybridized carbons (Fsp3) is 1.00. The van der Waals surface area contributed by atoms with Gasteiger partial charge in [0.1, 0.15) is 6.10 Å². The zero-order valence-corrected chi connectivity index (χ0v) is 7.42. The third-order valence-corrected chi connectivity index (χ3v) is 2.12. The number of methoxy groups -OCH3 is 1. The fourth-order valence-electron chi connectivity index (χ4n) is 0.968. The molecule has 0 unspecified atom stereocenters. The Morgan fingerprint density at radius 2 is 2.00 bits per heavy atom. The van der Waals surface area contributed by atoms with Crippen LogP contribution in [0.1, 0.15) is 20.3 Å². The molecule has 1 fully saturated rings. The molecule has 3 nitrogen and oxygen atoms in total. The minimum absolute atomic E-state index is 0.106. The zero-order valence-electron chi connectivity index (χ0n) is 7.42. The number of rotatable bonds is 2. The van der Waals surface area contributed by atoms with Crippen LogP contribution in [0.5, 0.6) is 0 Å². The average Bonchev–Trinajstić information content (AvgIpc) is 2.06. The van der Waals surface area contributed by atoms with Gasteiger partial charge in [-0.05, 0) is 13.3 Å². The summed E-state index contributed by atoms with van der Waals surface area (Å²) >= 11 is 0. The van der Waals surface area contributed by atoms with Crippen molar-refractivity contribution in [1.29, 1.82) is 0 Å². The Bertz CT molecular complexity index is 117. The maximum Gasteiger partial charge on any atom is 0.165 e. The molecule has 66 valence electrons. The van der Waals surface area contributed by atoms with Gasteiger partial charge in [-0.1, -0.05) is 6.92 Å². The summed E-state index contributed by atoms with van der Waals surface area (Å²) in [4.78, 5) is 0. The van der Waals surface area contributed by atoms with Gasteiger partial charge < -0.3 is 14.2 Å². The number of hydrogen-bond acceptors (Lipinski definition) is 3. The molecule has 3 heteroatoms. The van der Waals surface area contributed by atoms with Gasteiger partial charge in [0.15, 0.2) is 5.79 Å². The van der Waals surface area contributed by atoms with Gasteiger partial charge in [-0.2, -0.15) is 0 Å². The van der Waals surface area contributed by atoms with Crippen LogP contribution in [0.3, 0.4) is 0 Å². The van der Waals surface area contributed by atoms with Crippen molar-refractivity contribution in [2.75, 3.05) is 20.3 Å². The van der Waals surface area contributed by atoms with Crippen LogP contribution < -0.4 is 0 Å². The lowest BCUT2D eigenvalue weighted by atomic mass is 10.2. The first-order valence-corrected chi connectivity index (χ1v) is 4.01. The fourth-order valence-corrected chi connectivity index (χ4v) is 0.968. The minimum Gasteiger partial charge on any atom is -0.377 e. The second-order valence-electron chi connectivity index (χ2n) is 2.97. The SMILES string of the molecule is CCC1(C)OCC(OC)CO1. The lowest BCUT2D eigenvalue weighted by Crippen LogP contribution is -2.44. The van der Waals surface area contributed by atoms with Crippen molar-refractivity contribution in [3.05, 3.63) is 0 Å².